The Balaban J connectivity index is 1.57. The fraction of sp³-hybridized carbons (Fsp3) is 0.263. The summed E-state index contributed by atoms with van der Waals surface area (Å²) < 4.78 is 54.1. The van der Waals surface area contributed by atoms with Crippen molar-refractivity contribution in [2.45, 2.75) is 11.4 Å². The third kappa shape index (κ3) is 4.52. The Bertz CT molecular complexity index is 1060. The van der Waals surface area contributed by atoms with Crippen LogP contribution in [0.3, 0.4) is 0 Å². The van der Waals surface area contributed by atoms with E-state index in [0.717, 1.165) is 16.4 Å². The SMILES string of the molecule is N#Cc1ccc(CNC(=O)N2CCN(S(=O)(=O)c3ccccc3F)CC2)c(F)c1. The van der Waals surface area contributed by atoms with Gasteiger partial charge in [0.2, 0.25) is 10.0 Å². The van der Waals surface area contributed by atoms with Gasteiger partial charge >= 0.3 is 6.03 Å². The minimum atomic E-state index is -3.99. The van der Waals surface area contributed by atoms with Crippen LogP contribution in [0.2, 0.25) is 0 Å². The Hall–Kier alpha value is -3.03. The van der Waals surface area contributed by atoms with E-state index in [1.54, 1.807) is 0 Å². The number of nitriles is 1. The van der Waals surface area contributed by atoms with E-state index in [4.69, 9.17) is 5.26 Å². The maximum absolute atomic E-state index is 13.9. The number of urea groups is 1. The molecule has 3 rings (SSSR count). The van der Waals surface area contributed by atoms with Crippen LogP contribution in [-0.2, 0) is 16.6 Å². The second-order valence-corrected chi connectivity index (χ2v) is 8.30. The summed E-state index contributed by atoms with van der Waals surface area (Å²) in [4.78, 5) is 13.3. The highest BCUT2D eigenvalue weighted by molar-refractivity contribution is 7.89. The molecule has 1 saturated heterocycles. The lowest BCUT2D eigenvalue weighted by molar-refractivity contribution is 0.171. The van der Waals surface area contributed by atoms with Crippen molar-refractivity contribution in [2.24, 2.45) is 0 Å². The molecular formula is C19H18F2N4O3S. The molecule has 1 fully saturated rings. The van der Waals surface area contributed by atoms with Crippen molar-refractivity contribution in [2.75, 3.05) is 26.2 Å². The molecular weight excluding hydrogens is 402 g/mol. The number of rotatable bonds is 4. The molecule has 10 heteroatoms. The highest BCUT2D eigenvalue weighted by Crippen LogP contribution is 2.20. The van der Waals surface area contributed by atoms with Gasteiger partial charge in [0, 0.05) is 38.3 Å². The number of carbonyl (C=O) groups is 1. The maximum atomic E-state index is 13.9. The third-order valence-electron chi connectivity index (χ3n) is 4.59. The minimum absolute atomic E-state index is 0.0231. The summed E-state index contributed by atoms with van der Waals surface area (Å²) >= 11 is 0. The number of piperazine rings is 1. The van der Waals surface area contributed by atoms with Crippen molar-refractivity contribution in [1.82, 2.24) is 14.5 Å². The van der Waals surface area contributed by atoms with Gasteiger partial charge in [-0.3, -0.25) is 0 Å². The predicted molar refractivity (Wildman–Crippen MR) is 100 cm³/mol. The van der Waals surface area contributed by atoms with E-state index >= 15 is 0 Å². The second-order valence-electron chi connectivity index (χ2n) is 6.40. The average Bonchev–Trinajstić information content (AvgIpc) is 2.72. The average molecular weight is 420 g/mol. The maximum Gasteiger partial charge on any atom is 0.317 e. The highest BCUT2D eigenvalue weighted by Gasteiger charge is 2.31. The number of nitrogens with one attached hydrogen (secondary N) is 1. The van der Waals surface area contributed by atoms with Gasteiger partial charge in [0.15, 0.2) is 0 Å². The molecule has 1 heterocycles. The number of sulfonamides is 1. The standard InChI is InChI=1S/C19H18F2N4O3S/c20-16-3-1-2-4-18(16)29(27,28)25-9-7-24(8-10-25)19(26)23-13-15-6-5-14(12-22)11-17(15)21/h1-6,11H,7-10,13H2,(H,23,26). The van der Waals surface area contributed by atoms with Gasteiger partial charge in [-0.25, -0.2) is 22.0 Å². The summed E-state index contributed by atoms with van der Waals surface area (Å²) in [5, 5.41) is 11.3. The van der Waals surface area contributed by atoms with Crippen LogP contribution in [0, 0.1) is 23.0 Å². The van der Waals surface area contributed by atoms with E-state index in [2.05, 4.69) is 5.32 Å². The number of amides is 2. The van der Waals surface area contributed by atoms with Crippen LogP contribution < -0.4 is 5.32 Å². The van der Waals surface area contributed by atoms with Crippen molar-refractivity contribution in [1.29, 1.82) is 5.26 Å². The first-order valence-electron chi connectivity index (χ1n) is 8.79. The van der Waals surface area contributed by atoms with Gasteiger partial charge in [0.05, 0.1) is 11.6 Å². The first-order chi connectivity index (χ1) is 13.8. The smallest absolute Gasteiger partial charge is 0.317 e. The number of hydrogen-bond acceptors (Lipinski definition) is 4. The Morgan fingerprint density at radius 1 is 1.07 bits per heavy atom. The molecule has 29 heavy (non-hydrogen) atoms. The van der Waals surface area contributed by atoms with E-state index in [1.165, 1.54) is 35.2 Å². The summed E-state index contributed by atoms with van der Waals surface area (Å²) in [7, 11) is -3.99. The quantitative estimate of drug-likeness (QED) is 0.819. The van der Waals surface area contributed by atoms with Crippen LogP contribution in [-0.4, -0.2) is 49.8 Å². The van der Waals surface area contributed by atoms with Gasteiger partial charge in [-0.2, -0.15) is 9.57 Å². The van der Waals surface area contributed by atoms with Gasteiger partial charge in [-0.05, 0) is 24.3 Å². The number of nitrogens with zero attached hydrogens (tertiary/aromatic N) is 3. The molecule has 0 bridgehead atoms. The zero-order valence-corrected chi connectivity index (χ0v) is 16.1. The van der Waals surface area contributed by atoms with Crippen molar-refractivity contribution in [3.05, 3.63) is 65.2 Å². The second kappa shape index (κ2) is 8.55. The largest absolute Gasteiger partial charge is 0.334 e. The summed E-state index contributed by atoms with van der Waals surface area (Å²) in [6.07, 6.45) is 0. The Morgan fingerprint density at radius 2 is 1.76 bits per heavy atom. The zero-order chi connectivity index (χ0) is 21.0. The lowest BCUT2D eigenvalue weighted by Gasteiger charge is -2.34. The molecule has 7 nitrogen and oxygen atoms in total. The molecule has 1 aliphatic heterocycles. The molecule has 152 valence electrons. The molecule has 0 spiro atoms. The normalized spacial score (nSPS) is 15.0. The lowest BCUT2D eigenvalue weighted by atomic mass is 10.1. The number of carbonyl (C=O) groups excluding carboxylic acids is 1. The van der Waals surface area contributed by atoms with Gasteiger partial charge < -0.3 is 10.2 Å². The van der Waals surface area contributed by atoms with Crippen LogP contribution in [0.25, 0.3) is 0 Å². The van der Waals surface area contributed by atoms with Gasteiger partial charge in [-0.1, -0.05) is 18.2 Å². The fourth-order valence-electron chi connectivity index (χ4n) is 2.97. The van der Waals surface area contributed by atoms with Crippen molar-refractivity contribution >= 4 is 16.1 Å². The molecule has 0 atom stereocenters. The molecule has 2 amide bonds. The topological polar surface area (TPSA) is 93.5 Å². The molecule has 1 N–H and O–H groups in total. The highest BCUT2D eigenvalue weighted by atomic mass is 32.2. The van der Waals surface area contributed by atoms with Gasteiger partial charge in [-0.15, -0.1) is 0 Å². The van der Waals surface area contributed by atoms with E-state index < -0.39 is 32.6 Å². The Labute approximate surface area is 167 Å². The van der Waals surface area contributed by atoms with Crippen molar-refractivity contribution < 1.29 is 22.0 Å². The van der Waals surface area contributed by atoms with E-state index in [1.807, 2.05) is 6.07 Å². The molecule has 0 aliphatic carbocycles. The van der Waals surface area contributed by atoms with E-state index in [9.17, 15) is 22.0 Å². The van der Waals surface area contributed by atoms with Crippen LogP contribution in [0.4, 0.5) is 13.6 Å². The van der Waals surface area contributed by atoms with Gasteiger partial charge in [0.1, 0.15) is 16.5 Å². The predicted octanol–water partition coefficient (Wildman–Crippen LogP) is 2.05. The Kier molecular flexibility index (Phi) is 6.10. The molecule has 2 aromatic rings. The van der Waals surface area contributed by atoms with E-state index in [0.29, 0.717) is 0 Å². The molecule has 0 saturated carbocycles. The van der Waals surface area contributed by atoms with Crippen LogP contribution in [0.15, 0.2) is 47.4 Å². The molecule has 2 aromatic carbocycles. The monoisotopic (exact) mass is 420 g/mol. The zero-order valence-electron chi connectivity index (χ0n) is 15.3. The first-order valence-corrected chi connectivity index (χ1v) is 10.2. The number of benzene rings is 2. The Morgan fingerprint density at radius 3 is 2.38 bits per heavy atom. The van der Waals surface area contributed by atoms with Crippen LogP contribution in [0.5, 0.6) is 0 Å². The molecule has 0 aromatic heterocycles. The van der Waals surface area contributed by atoms with Crippen LogP contribution in [0.1, 0.15) is 11.1 Å². The van der Waals surface area contributed by atoms with Crippen LogP contribution >= 0.6 is 0 Å². The molecule has 0 unspecified atom stereocenters. The first kappa shape index (κ1) is 20.7. The molecule has 1 aliphatic rings. The summed E-state index contributed by atoms with van der Waals surface area (Å²) in [5.74, 6) is -1.41. The number of halogens is 2. The lowest BCUT2D eigenvalue weighted by Crippen LogP contribution is -2.53. The number of hydrogen-bond donors (Lipinski definition) is 1. The minimum Gasteiger partial charge on any atom is -0.334 e. The fourth-order valence-corrected chi connectivity index (χ4v) is 4.45. The van der Waals surface area contributed by atoms with Crippen molar-refractivity contribution in [3.8, 4) is 6.07 Å². The van der Waals surface area contributed by atoms with Gasteiger partial charge in [0.25, 0.3) is 0 Å². The summed E-state index contributed by atoms with van der Waals surface area (Å²) in [5.41, 5.74) is 0.419. The summed E-state index contributed by atoms with van der Waals surface area (Å²) in [6, 6.07) is 10.5. The molecule has 0 radical (unpaired) electrons. The van der Waals surface area contributed by atoms with Crippen molar-refractivity contribution in [3.63, 3.8) is 0 Å². The summed E-state index contributed by atoms with van der Waals surface area (Å²) in [6.45, 7) is 0.222. The third-order valence-corrected chi connectivity index (χ3v) is 6.52. The van der Waals surface area contributed by atoms with E-state index in [-0.39, 0.29) is 43.9 Å².